The summed E-state index contributed by atoms with van der Waals surface area (Å²) in [7, 11) is 0. The summed E-state index contributed by atoms with van der Waals surface area (Å²) in [6, 6.07) is 14.0. The summed E-state index contributed by atoms with van der Waals surface area (Å²) < 4.78 is 17.6. The second-order valence-corrected chi connectivity index (χ2v) is 10.4. The molecule has 0 saturated carbocycles. The number of benzene rings is 3. The lowest BCUT2D eigenvalue weighted by molar-refractivity contribution is -0.153. The lowest BCUT2D eigenvalue weighted by Crippen LogP contribution is -2.31. The first kappa shape index (κ1) is 30.1. The fraction of sp³-hybridized carbons (Fsp3) is 0.276. The van der Waals surface area contributed by atoms with Gasteiger partial charge in [0, 0.05) is 11.5 Å². The van der Waals surface area contributed by atoms with E-state index in [9.17, 15) is 9.90 Å². The molecule has 0 aliphatic heterocycles. The highest BCUT2D eigenvalue weighted by molar-refractivity contribution is 6.42. The molecule has 3 rings (SSSR count). The summed E-state index contributed by atoms with van der Waals surface area (Å²) in [6.07, 6.45) is -1.49. The van der Waals surface area contributed by atoms with Crippen LogP contribution in [0.2, 0.25) is 20.1 Å². The van der Waals surface area contributed by atoms with Gasteiger partial charge in [0.2, 0.25) is 0 Å². The molecule has 0 aliphatic rings. The van der Waals surface area contributed by atoms with Crippen LogP contribution in [-0.4, -0.2) is 23.8 Å². The standard InChI is InChI=1S/C29H28Cl4O5/c1-5-36-29(35)26(34)25(16(2)3)20-9-6-17(4)27(37-14-18-7-10-21(30)23(32)12-18)28(20)38-15-19-8-11-22(31)24(33)13-19/h6-13,25-26,34H,2,5,14-15H2,1,3-4H3/t25-,26+/m1/s1. The van der Waals surface area contributed by atoms with E-state index >= 15 is 0 Å². The van der Waals surface area contributed by atoms with Gasteiger partial charge in [0.25, 0.3) is 0 Å². The van der Waals surface area contributed by atoms with Gasteiger partial charge in [-0.3, -0.25) is 0 Å². The number of carbonyl (C=O) groups excluding carboxylic acids is 1. The van der Waals surface area contributed by atoms with Crippen LogP contribution < -0.4 is 9.47 Å². The summed E-state index contributed by atoms with van der Waals surface area (Å²) in [5, 5.41) is 12.6. The Bertz CT molecular complexity index is 1320. The van der Waals surface area contributed by atoms with Gasteiger partial charge in [-0.25, -0.2) is 4.79 Å². The van der Waals surface area contributed by atoms with E-state index in [2.05, 4.69) is 6.58 Å². The van der Waals surface area contributed by atoms with Crippen LogP contribution in [-0.2, 0) is 22.7 Å². The molecule has 0 spiro atoms. The smallest absolute Gasteiger partial charge is 0.335 e. The zero-order valence-corrected chi connectivity index (χ0v) is 24.2. The van der Waals surface area contributed by atoms with Gasteiger partial charge in [-0.1, -0.05) is 82.8 Å². The number of rotatable bonds is 11. The zero-order chi connectivity index (χ0) is 28.0. The van der Waals surface area contributed by atoms with E-state index in [0.717, 1.165) is 16.7 Å². The Morgan fingerprint density at radius 1 is 0.868 bits per heavy atom. The maximum atomic E-state index is 12.5. The molecule has 0 radical (unpaired) electrons. The van der Waals surface area contributed by atoms with Crippen molar-refractivity contribution in [2.45, 2.75) is 46.0 Å². The molecule has 202 valence electrons. The van der Waals surface area contributed by atoms with Gasteiger partial charge in [0.15, 0.2) is 17.6 Å². The average molecular weight is 598 g/mol. The first-order valence-electron chi connectivity index (χ1n) is 11.8. The van der Waals surface area contributed by atoms with Crippen LogP contribution in [0.1, 0.15) is 42.0 Å². The predicted molar refractivity (Wildman–Crippen MR) is 153 cm³/mol. The lowest BCUT2D eigenvalue weighted by atomic mass is 9.86. The van der Waals surface area contributed by atoms with Gasteiger partial charge in [0.1, 0.15) is 13.2 Å². The van der Waals surface area contributed by atoms with E-state index in [-0.39, 0.29) is 19.8 Å². The van der Waals surface area contributed by atoms with Crippen molar-refractivity contribution in [3.05, 3.63) is 103 Å². The Hall–Kier alpha value is -2.41. The van der Waals surface area contributed by atoms with Gasteiger partial charge < -0.3 is 19.3 Å². The van der Waals surface area contributed by atoms with Gasteiger partial charge in [0.05, 0.1) is 26.7 Å². The molecule has 3 aromatic rings. The third kappa shape index (κ3) is 7.37. The molecule has 1 N–H and O–H groups in total. The number of halogens is 4. The molecule has 0 fully saturated rings. The Labute approximate surface area is 242 Å². The fourth-order valence-electron chi connectivity index (χ4n) is 3.89. The Morgan fingerprint density at radius 2 is 1.39 bits per heavy atom. The van der Waals surface area contributed by atoms with Crippen molar-refractivity contribution < 1.29 is 24.1 Å². The summed E-state index contributed by atoms with van der Waals surface area (Å²) in [6.45, 7) is 9.71. The zero-order valence-electron chi connectivity index (χ0n) is 21.2. The number of hydrogen-bond donors (Lipinski definition) is 1. The summed E-state index contributed by atoms with van der Waals surface area (Å²) in [4.78, 5) is 12.5. The molecule has 0 aromatic heterocycles. The second-order valence-electron chi connectivity index (χ2n) is 8.73. The molecule has 0 bridgehead atoms. The lowest BCUT2D eigenvalue weighted by Gasteiger charge is -2.27. The van der Waals surface area contributed by atoms with Crippen LogP contribution in [0.4, 0.5) is 0 Å². The minimum atomic E-state index is -1.49. The number of esters is 1. The molecule has 2 atom stereocenters. The van der Waals surface area contributed by atoms with Crippen LogP contribution in [0, 0.1) is 6.92 Å². The van der Waals surface area contributed by atoms with E-state index in [1.54, 1.807) is 50.2 Å². The van der Waals surface area contributed by atoms with Crippen LogP contribution in [0.25, 0.3) is 0 Å². The van der Waals surface area contributed by atoms with Crippen molar-refractivity contribution in [1.29, 1.82) is 0 Å². The Kier molecular flexibility index (Phi) is 10.8. The van der Waals surface area contributed by atoms with Crippen molar-refractivity contribution in [2.24, 2.45) is 0 Å². The van der Waals surface area contributed by atoms with E-state index in [1.165, 1.54) is 0 Å². The van der Waals surface area contributed by atoms with E-state index in [4.69, 9.17) is 60.6 Å². The van der Waals surface area contributed by atoms with Crippen molar-refractivity contribution in [3.8, 4) is 11.5 Å². The summed E-state index contributed by atoms with van der Waals surface area (Å²) >= 11 is 24.5. The minimum Gasteiger partial charge on any atom is -0.485 e. The summed E-state index contributed by atoms with van der Waals surface area (Å²) in [5.74, 6) is -0.774. The Morgan fingerprint density at radius 3 is 1.87 bits per heavy atom. The monoisotopic (exact) mass is 596 g/mol. The van der Waals surface area contributed by atoms with Crippen molar-refractivity contribution in [1.82, 2.24) is 0 Å². The van der Waals surface area contributed by atoms with Gasteiger partial charge in [-0.15, -0.1) is 0 Å². The number of aryl methyl sites for hydroxylation is 1. The normalized spacial score (nSPS) is 12.5. The first-order chi connectivity index (χ1) is 18.0. The quantitative estimate of drug-likeness (QED) is 0.178. The molecule has 3 aromatic carbocycles. The predicted octanol–water partition coefficient (Wildman–Crippen LogP) is 8.35. The highest BCUT2D eigenvalue weighted by Crippen LogP contribution is 2.43. The topological polar surface area (TPSA) is 65.0 Å². The van der Waals surface area contributed by atoms with E-state index in [1.807, 2.05) is 19.1 Å². The molecule has 0 unspecified atom stereocenters. The number of ether oxygens (including phenoxy) is 3. The van der Waals surface area contributed by atoms with Crippen LogP contribution >= 0.6 is 46.4 Å². The van der Waals surface area contributed by atoms with E-state index < -0.39 is 18.0 Å². The largest absolute Gasteiger partial charge is 0.485 e. The minimum absolute atomic E-state index is 0.120. The maximum absolute atomic E-state index is 12.5. The maximum Gasteiger partial charge on any atom is 0.335 e. The average Bonchev–Trinajstić information content (AvgIpc) is 2.87. The molecule has 0 saturated heterocycles. The van der Waals surface area contributed by atoms with Gasteiger partial charge in [-0.2, -0.15) is 0 Å². The SMILES string of the molecule is C=C(C)[C@H](c1ccc(C)c(OCc2ccc(Cl)c(Cl)c2)c1OCc1ccc(Cl)c(Cl)c1)[C@H](O)C(=O)OCC. The molecule has 0 amide bonds. The van der Waals surface area contributed by atoms with Gasteiger partial charge in [-0.05, 0) is 61.7 Å². The molecule has 38 heavy (non-hydrogen) atoms. The van der Waals surface area contributed by atoms with Crippen molar-refractivity contribution >= 4 is 52.4 Å². The van der Waals surface area contributed by atoms with Crippen LogP contribution in [0.5, 0.6) is 11.5 Å². The Balaban J connectivity index is 2.06. The van der Waals surface area contributed by atoms with Crippen LogP contribution in [0.3, 0.4) is 0 Å². The van der Waals surface area contributed by atoms with Gasteiger partial charge >= 0.3 is 5.97 Å². The number of hydrogen-bond acceptors (Lipinski definition) is 5. The highest BCUT2D eigenvalue weighted by atomic mass is 35.5. The molecular weight excluding hydrogens is 570 g/mol. The molecule has 9 heteroatoms. The number of aliphatic hydroxyl groups is 1. The van der Waals surface area contributed by atoms with Crippen LogP contribution in [0.15, 0.2) is 60.7 Å². The fourth-order valence-corrected chi connectivity index (χ4v) is 4.53. The second kappa shape index (κ2) is 13.6. The van der Waals surface area contributed by atoms with Crippen molar-refractivity contribution in [2.75, 3.05) is 6.61 Å². The van der Waals surface area contributed by atoms with Crippen molar-refractivity contribution in [3.63, 3.8) is 0 Å². The van der Waals surface area contributed by atoms with E-state index in [0.29, 0.717) is 42.7 Å². The third-order valence-corrected chi connectivity index (χ3v) is 7.26. The molecular formula is C29H28Cl4O5. The molecule has 0 heterocycles. The number of carbonyl (C=O) groups is 1. The number of aliphatic hydroxyl groups excluding tert-OH is 1. The molecule has 5 nitrogen and oxygen atoms in total. The third-order valence-electron chi connectivity index (χ3n) is 5.78. The molecule has 0 aliphatic carbocycles. The first-order valence-corrected chi connectivity index (χ1v) is 13.3. The highest BCUT2D eigenvalue weighted by Gasteiger charge is 2.33. The summed E-state index contributed by atoms with van der Waals surface area (Å²) in [5.41, 5.74) is 3.41.